The molecule has 8 nitrogen and oxygen atoms in total. The zero-order valence-corrected chi connectivity index (χ0v) is 16.4. The van der Waals surface area contributed by atoms with Crippen LogP contribution in [0.15, 0.2) is 47.4 Å². The van der Waals surface area contributed by atoms with Crippen LogP contribution in [-0.2, 0) is 14.8 Å². The quantitative estimate of drug-likeness (QED) is 0.534. The fourth-order valence-electron chi connectivity index (χ4n) is 2.73. The summed E-state index contributed by atoms with van der Waals surface area (Å²) in [5.41, 5.74) is 0.121. The van der Waals surface area contributed by atoms with Crippen molar-refractivity contribution >= 4 is 16.0 Å². The average Bonchev–Trinajstić information content (AvgIpc) is 2.74. The highest BCUT2D eigenvalue weighted by molar-refractivity contribution is 7.89. The van der Waals surface area contributed by atoms with Crippen LogP contribution in [0.4, 0.5) is 0 Å². The summed E-state index contributed by atoms with van der Waals surface area (Å²) in [6.45, 7) is 1.25. The lowest BCUT2D eigenvalue weighted by molar-refractivity contribution is 0.0727. The molecule has 28 heavy (non-hydrogen) atoms. The van der Waals surface area contributed by atoms with Gasteiger partial charge in [0.15, 0.2) is 0 Å². The summed E-state index contributed by atoms with van der Waals surface area (Å²) in [6, 6.07) is 10.5. The predicted molar refractivity (Wildman–Crippen MR) is 101 cm³/mol. The monoisotopic (exact) mass is 407 g/mol. The van der Waals surface area contributed by atoms with Gasteiger partial charge in [-0.05, 0) is 18.2 Å². The molecular formula is C19H21NO7S. The maximum Gasteiger partial charge on any atom is 0.343 e. The van der Waals surface area contributed by atoms with E-state index in [4.69, 9.17) is 18.9 Å². The van der Waals surface area contributed by atoms with Crippen LogP contribution >= 0.6 is 0 Å². The molecule has 2 aromatic carbocycles. The Balaban J connectivity index is 1.83. The van der Waals surface area contributed by atoms with Crippen LogP contribution in [0, 0.1) is 0 Å². The second-order valence-electron chi connectivity index (χ2n) is 5.98. The minimum absolute atomic E-state index is 0.0343. The number of sulfonamides is 1. The van der Waals surface area contributed by atoms with Gasteiger partial charge in [-0.1, -0.05) is 6.07 Å². The van der Waals surface area contributed by atoms with Crippen LogP contribution < -0.4 is 14.2 Å². The number of ether oxygens (including phenoxy) is 4. The number of carbonyl (C=O) groups excluding carboxylic acids is 1. The molecule has 1 heterocycles. The van der Waals surface area contributed by atoms with Gasteiger partial charge in [0, 0.05) is 31.3 Å². The Morgan fingerprint density at radius 2 is 1.57 bits per heavy atom. The van der Waals surface area contributed by atoms with Gasteiger partial charge in [-0.2, -0.15) is 4.31 Å². The smallest absolute Gasteiger partial charge is 0.343 e. The van der Waals surface area contributed by atoms with Crippen molar-refractivity contribution in [2.75, 3.05) is 40.5 Å². The number of nitrogens with zero attached hydrogens (tertiary/aromatic N) is 1. The minimum Gasteiger partial charge on any atom is -0.496 e. The Hall–Kier alpha value is -2.62. The number of methoxy groups -OCH3 is 2. The molecule has 150 valence electrons. The average molecular weight is 407 g/mol. The molecule has 0 atom stereocenters. The molecule has 0 aromatic heterocycles. The summed E-state index contributed by atoms with van der Waals surface area (Å²) in [6.07, 6.45) is 0. The molecule has 3 rings (SSSR count). The van der Waals surface area contributed by atoms with E-state index in [1.165, 1.54) is 54.9 Å². The highest BCUT2D eigenvalue weighted by Crippen LogP contribution is 2.28. The van der Waals surface area contributed by atoms with Crippen LogP contribution in [0.1, 0.15) is 10.4 Å². The lowest BCUT2D eigenvalue weighted by atomic mass is 10.2. The Morgan fingerprint density at radius 1 is 0.964 bits per heavy atom. The maximum atomic E-state index is 12.8. The third-order valence-corrected chi connectivity index (χ3v) is 6.11. The fourth-order valence-corrected chi connectivity index (χ4v) is 4.18. The molecule has 0 amide bonds. The second-order valence-corrected chi connectivity index (χ2v) is 7.92. The molecule has 0 bridgehead atoms. The molecule has 0 aliphatic carbocycles. The number of rotatable bonds is 6. The Labute approximate surface area is 163 Å². The molecule has 9 heteroatoms. The minimum atomic E-state index is -3.71. The lowest BCUT2D eigenvalue weighted by Gasteiger charge is -2.26. The first kappa shape index (κ1) is 20.1. The number of morpholine rings is 1. The van der Waals surface area contributed by atoms with E-state index >= 15 is 0 Å². The van der Waals surface area contributed by atoms with E-state index in [1.807, 2.05) is 0 Å². The largest absolute Gasteiger partial charge is 0.496 e. The third kappa shape index (κ3) is 4.44. The first-order valence-corrected chi connectivity index (χ1v) is 10.0. The van der Waals surface area contributed by atoms with Crippen LogP contribution in [-0.4, -0.2) is 59.2 Å². The summed E-state index contributed by atoms with van der Waals surface area (Å²) in [4.78, 5) is 12.6. The fraction of sp³-hybridized carbons (Fsp3) is 0.316. The highest BCUT2D eigenvalue weighted by Gasteiger charge is 2.27. The first-order chi connectivity index (χ1) is 13.4. The molecule has 1 aliphatic rings. The van der Waals surface area contributed by atoms with E-state index < -0.39 is 16.0 Å². The third-order valence-electron chi connectivity index (χ3n) is 4.21. The van der Waals surface area contributed by atoms with E-state index in [0.717, 1.165) is 0 Å². The van der Waals surface area contributed by atoms with Gasteiger partial charge >= 0.3 is 5.97 Å². The topological polar surface area (TPSA) is 91.4 Å². The Morgan fingerprint density at radius 3 is 2.18 bits per heavy atom. The van der Waals surface area contributed by atoms with Gasteiger partial charge < -0.3 is 18.9 Å². The lowest BCUT2D eigenvalue weighted by Crippen LogP contribution is -2.40. The molecule has 0 unspecified atom stereocenters. The number of benzene rings is 2. The van der Waals surface area contributed by atoms with E-state index in [1.54, 1.807) is 6.07 Å². The standard InChI is InChI=1S/C19H21NO7S/c1-24-15-11-16(25-2)13-17(12-15)27-19(21)14-4-3-5-18(10-14)28(22,23)20-6-8-26-9-7-20/h3-5,10-13H,6-9H2,1-2H3. The van der Waals surface area contributed by atoms with E-state index in [-0.39, 0.29) is 29.3 Å². The highest BCUT2D eigenvalue weighted by atomic mass is 32.2. The van der Waals surface area contributed by atoms with E-state index in [0.29, 0.717) is 24.7 Å². The number of hydrogen-bond donors (Lipinski definition) is 0. The molecule has 1 aliphatic heterocycles. The van der Waals surface area contributed by atoms with Crippen LogP contribution in [0.3, 0.4) is 0 Å². The van der Waals surface area contributed by atoms with Crippen LogP contribution in [0.25, 0.3) is 0 Å². The molecule has 0 radical (unpaired) electrons. The molecule has 0 spiro atoms. The summed E-state index contributed by atoms with van der Waals surface area (Å²) < 4.78 is 47.8. The zero-order valence-electron chi connectivity index (χ0n) is 15.6. The van der Waals surface area contributed by atoms with E-state index in [9.17, 15) is 13.2 Å². The van der Waals surface area contributed by atoms with Gasteiger partial charge in [-0.25, -0.2) is 13.2 Å². The van der Waals surface area contributed by atoms with Gasteiger partial charge in [0.25, 0.3) is 0 Å². The van der Waals surface area contributed by atoms with Crippen molar-refractivity contribution in [1.82, 2.24) is 4.31 Å². The van der Waals surface area contributed by atoms with Crippen molar-refractivity contribution < 1.29 is 32.2 Å². The van der Waals surface area contributed by atoms with Crippen LogP contribution in [0.2, 0.25) is 0 Å². The number of esters is 1. The first-order valence-electron chi connectivity index (χ1n) is 8.57. The van der Waals surface area contributed by atoms with Gasteiger partial charge in [0.1, 0.15) is 17.2 Å². The maximum absolute atomic E-state index is 12.8. The zero-order chi connectivity index (χ0) is 20.1. The molecule has 0 N–H and O–H groups in total. The van der Waals surface area contributed by atoms with Crippen LogP contribution in [0.5, 0.6) is 17.2 Å². The second kappa shape index (κ2) is 8.59. The van der Waals surface area contributed by atoms with Gasteiger partial charge in [0.2, 0.25) is 10.0 Å². The summed E-state index contributed by atoms with van der Waals surface area (Å²) in [7, 11) is -0.734. The predicted octanol–water partition coefficient (Wildman–Crippen LogP) is 1.94. The summed E-state index contributed by atoms with van der Waals surface area (Å²) in [5, 5.41) is 0. The molecule has 0 saturated carbocycles. The van der Waals surface area contributed by atoms with Crippen molar-refractivity contribution in [3.63, 3.8) is 0 Å². The number of hydrogen-bond acceptors (Lipinski definition) is 7. The molecule has 2 aromatic rings. The SMILES string of the molecule is COc1cc(OC)cc(OC(=O)c2cccc(S(=O)(=O)N3CCOCC3)c2)c1. The molecule has 1 saturated heterocycles. The summed E-state index contributed by atoms with van der Waals surface area (Å²) in [5.74, 6) is 0.466. The van der Waals surface area contributed by atoms with Gasteiger partial charge in [-0.15, -0.1) is 0 Å². The normalized spacial score (nSPS) is 15.1. The Kier molecular flexibility index (Phi) is 6.18. The summed E-state index contributed by atoms with van der Waals surface area (Å²) >= 11 is 0. The Bertz CT molecular complexity index is 930. The molecule has 1 fully saturated rings. The van der Waals surface area contributed by atoms with E-state index in [2.05, 4.69) is 0 Å². The van der Waals surface area contributed by atoms with Gasteiger partial charge in [-0.3, -0.25) is 0 Å². The van der Waals surface area contributed by atoms with Crippen molar-refractivity contribution in [1.29, 1.82) is 0 Å². The molecular weight excluding hydrogens is 386 g/mol. The van der Waals surface area contributed by atoms with Crippen molar-refractivity contribution in [2.24, 2.45) is 0 Å². The number of carbonyl (C=O) groups is 1. The van der Waals surface area contributed by atoms with Crippen molar-refractivity contribution in [3.05, 3.63) is 48.0 Å². The van der Waals surface area contributed by atoms with Crippen molar-refractivity contribution in [2.45, 2.75) is 4.90 Å². The van der Waals surface area contributed by atoms with Gasteiger partial charge in [0.05, 0.1) is 37.9 Å². The van der Waals surface area contributed by atoms with Crippen molar-refractivity contribution in [3.8, 4) is 17.2 Å².